The van der Waals surface area contributed by atoms with E-state index in [2.05, 4.69) is 29.2 Å². The van der Waals surface area contributed by atoms with Gasteiger partial charge in [-0.05, 0) is 42.3 Å². The van der Waals surface area contributed by atoms with Gasteiger partial charge in [0.1, 0.15) is 0 Å². The van der Waals surface area contributed by atoms with Crippen molar-refractivity contribution < 1.29 is 9.53 Å². The van der Waals surface area contributed by atoms with Crippen molar-refractivity contribution in [1.82, 2.24) is 0 Å². The minimum absolute atomic E-state index is 0.345. The molecule has 0 atom stereocenters. The van der Waals surface area contributed by atoms with E-state index in [0.717, 1.165) is 22.5 Å². The number of amides is 1. The number of carbonyl (C=O) groups is 1. The van der Waals surface area contributed by atoms with Crippen molar-refractivity contribution in [3.8, 4) is 11.1 Å². The lowest BCUT2D eigenvalue weighted by Gasteiger charge is -2.17. The predicted molar refractivity (Wildman–Crippen MR) is 91.6 cm³/mol. The Morgan fingerprint density at radius 1 is 0.955 bits per heavy atom. The largest absolute Gasteiger partial charge is 0.449 e. The second-order valence-electron chi connectivity index (χ2n) is 5.25. The smallest absolute Gasteiger partial charge is 0.413 e. The van der Waals surface area contributed by atoms with Crippen LogP contribution in [-0.2, 0) is 4.74 Å². The Morgan fingerprint density at radius 3 is 2.23 bits per heavy atom. The average Bonchev–Trinajstić information content (AvgIpc) is 2.54. The summed E-state index contributed by atoms with van der Waals surface area (Å²) in [4.78, 5) is 15.4. The van der Waals surface area contributed by atoms with Crippen molar-refractivity contribution in [2.24, 2.45) is 0 Å². The number of nitrogens with zero attached hydrogens (tertiary/aromatic N) is 2. The van der Waals surface area contributed by atoms with E-state index < -0.39 is 0 Å². The van der Waals surface area contributed by atoms with E-state index in [0.29, 0.717) is 6.61 Å². The molecule has 2 rings (SSSR count). The molecule has 0 bridgehead atoms. The standard InChI is InChI=1S/C18H22N2O2/c1-5-22-18(21)20(4)17-8-6-7-15(13-17)14-9-11-16(12-10-14)19(2)3/h6-13H,5H2,1-4H3. The van der Waals surface area contributed by atoms with Gasteiger partial charge in [0.05, 0.1) is 6.61 Å². The maximum absolute atomic E-state index is 11.8. The third-order valence-electron chi connectivity index (χ3n) is 3.49. The Kier molecular flexibility index (Phi) is 5.04. The summed E-state index contributed by atoms with van der Waals surface area (Å²) in [7, 11) is 5.75. The molecule has 2 aromatic rings. The number of rotatable bonds is 4. The van der Waals surface area contributed by atoms with Gasteiger partial charge >= 0.3 is 6.09 Å². The lowest BCUT2D eigenvalue weighted by molar-refractivity contribution is 0.161. The monoisotopic (exact) mass is 298 g/mol. The number of benzene rings is 2. The molecule has 0 fully saturated rings. The Labute approximate surface area is 131 Å². The summed E-state index contributed by atoms with van der Waals surface area (Å²) in [5, 5.41) is 0. The Morgan fingerprint density at radius 2 is 1.64 bits per heavy atom. The first kappa shape index (κ1) is 15.9. The fourth-order valence-corrected chi connectivity index (χ4v) is 2.17. The minimum atomic E-state index is -0.345. The van der Waals surface area contributed by atoms with E-state index in [1.54, 1.807) is 14.0 Å². The van der Waals surface area contributed by atoms with Gasteiger partial charge in [0.25, 0.3) is 0 Å². The molecule has 4 heteroatoms. The molecule has 2 aromatic carbocycles. The molecule has 0 heterocycles. The van der Waals surface area contributed by atoms with Crippen LogP contribution in [-0.4, -0.2) is 33.8 Å². The fourth-order valence-electron chi connectivity index (χ4n) is 2.17. The zero-order valence-corrected chi connectivity index (χ0v) is 13.5. The maximum Gasteiger partial charge on any atom is 0.413 e. The zero-order chi connectivity index (χ0) is 16.1. The van der Waals surface area contributed by atoms with Crippen LogP contribution in [0.15, 0.2) is 48.5 Å². The molecule has 0 aliphatic rings. The molecule has 0 aromatic heterocycles. The van der Waals surface area contributed by atoms with E-state index >= 15 is 0 Å². The van der Waals surface area contributed by atoms with E-state index in [4.69, 9.17) is 4.74 Å². The van der Waals surface area contributed by atoms with Crippen LogP contribution in [0.5, 0.6) is 0 Å². The number of anilines is 2. The molecule has 0 N–H and O–H groups in total. The Balaban J connectivity index is 2.26. The van der Waals surface area contributed by atoms with Crippen LogP contribution >= 0.6 is 0 Å². The lowest BCUT2D eigenvalue weighted by atomic mass is 10.0. The molecule has 0 aliphatic carbocycles. The van der Waals surface area contributed by atoms with Crippen LogP contribution in [0.2, 0.25) is 0 Å². The van der Waals surface area contributed by atoms with Crippen molar-refractivity contribution >= 4 is 17.5 Å². The molecule has 116 valence electrons. The SMILES string of the molecule is CCOC(=O)N(C)c1cccc(-c2ccc(N(C)C)cc2)c1. The maximum atomic E-state index is 11.8. The highest BCUT2D eigenvalue weighted by Gasteiger charge is 2.12. The number of carbonyl (C=O) groups excluding carboxylic acids is 1. The third kappa shape index (κ3) is 3.58. The molecule has 4 nitrogen and oxygen atoms in total. The lowest BCUT2D eigenvalue weighted by Crippen LogP contribution is -2.26. The highest BCUT2D eigenvalue weighted by atomic mass is 16.6. The molecule has 0 unspecified atom stereocenters. The zero-order valence-electron chi connectivity index (χ0n) is 13.5. The summed E-state index contributed by atoms with van der Waals surface area (Å²) >= 11 is 0. The summed E-state index contributed by atoms with van der Waals surface area (Å²) < 4.78 is 5.03. The molecule has 0 spiro atoms. The number of ether oxygens (including phenoxy) is 1. The highest BCUT2D eigenvalue weighted by molar-refractivity contribution is 5.88. The Hall–Kier alpha value is -2.49. The minimum Gasteiger partial charge on any atom is -0.449 e. The van der Waals surface area contributed by atoms with Gasteiger partial charge in [-0.2, -0.15) is 0 Å². The molecule has 0 saturated heterocycles. The normalized spacial score (nSPS) is 10.2. The van der Waals surface area contributed by atoms with Crippen LogP contribution in [0.3, 0.4) is 0 Å². The predicted octanol–water partition coefficient (Wildman–Crippen LogP) is 4.01. The number of hydrogen-bond acceptors (Lipinski definition) is 3. The van der Waals surface area contributed by atoms with Crippen LogP contribution in [0.25, 0.3) is 11.1 Å². The van der Waals surface area contributed by atoms with Gasteiger partial charge in [0.15, 0.2) is 0 Å². The highest BCUT2D eigenvalue weighted by Crippen LogP contribution is 2.26. The average molecular weight is 298 g/mol. The summed E-state index contributed by atoms with van der Waals surface area (Å²) in [6.45, 7) is 2.17. The van der Waals surface area contributed by atoms with Crippen LogP contribution in [0.4, 0.5) is 16.2 Å². The van der Waals surface area contributed by atoms with Crippen molar-refractivity contribution in [2.75, 3.05) is 37.5 Å². The topological polar surface area (TPSA) is 32.8 Å². The van der Waals surface area contributed by atoms with Crippen molar-refractivity contribution in [3.05, 3.63) is 48.5 Å². The van der Waals surface area contributed by atoms with Crippen molar-refractivity contribution in [1.29, 1.82) is 0 Å². The fraction of sp³-hybridized carbons (Fsp3) is 0.278. The summed E-state index contributed by atoms with van der Waals surface area (Å²) in [6, 6.07) is 16.2. The second-order valence-corrected chi connectivity index (χ2v) is 5.25. The first-order valence-corrected chi connectivity index (χ1v) is 7.31. The van der Waals surface area contributed by atoms with Gasteiger partial charge in [0.2, 0.25) is 0 Å². The quantitative estimate of drug-likeness (QED) is 0.855. The van der Waals surface area contributed by atoms with Gasteiger partial charge in [-0.1, -0.05) is 24.3 Å². The molecular formula is C18H22N2O2. The summed E-state index contributed by atoms with van der Waals surface area (Å²) in [5.74, 6) is 0. The molecule has 22 heavy (non-hydrogen) atoms. The first-order valence-electron chi connectivity index (χ1n) is 7.31. The third-order valence-corrected chi connectivity index (χ3v) is 3.49. The van der Waals surface area contributed by atoms with Gasteiger partial charge in [-0.15, -0.1) is 0 Å². The van der Waals surface area contributed by atoms with Crippen molar-refractivity contribution in [2.45, 2.75) is 6.92 Å². The molecule has 0 saturated carbocycles. The summed E-state index contributed by atoms with van der Waals surface area (Å²) in [5.41, 5.74) is 4.15. The van der Waals surface area contributed by atoms with Gasteiger partial charge in [0, 0.05) is 32.5 Å². The van der Waals surface area contributed by atoms with E-state index in [9.17, 15) is 4.79 Å². The van der Waals surface area contributed by atoms with Gasteiger partial charge in [-0.25, -0.2) is 4.79 Å². The summed E-state index contributed by atoms with van der Waals surface area (Å²) in [6.07, 6.45) is -0.345. The number of hydrogen-bond donors (Lipinski definition) is 0. The van der Waals surface area contributed by atoms with E-state index in [1.165, 1.54) is 4.90 Å². The molecular weight excluding hydrogens is 276 g/mol. The van der Waals surface area contributed by atoms with Crippen LogP contribution < -0.4 is 9.80 Å². The van der Waals surface area contributed by atoms with Gasteiger partial charge in [-0.3, -0.25) is 4.90 Å². The molecule has 1 amide bonds. The molecule has 0 radical (unpaired) electrons. The first-order chi connectivity index (χ1) is 10.5. The molecule has 0 aliphatic heterocycles. The van der Waals surface area contributed by atoms with E-state index in [1.807, 2.05) is 38.4 Å². The Bertz CT molecular complexity index is 636. The van der Waals surface area contributed by atoms with E-state index in [-0.39, 0.29) is 6.09 Å². The van der Waals surface area contributed by atoms with Crippen LogP contribution in [0, 0.1) is 0 Å². The van der Waals surface area contributed by atoms with Crippen LogP contribution in [0.1, 0.15) is 6.92 Å². The van der Waals surface area contributed by atoms with Crippen molar-refractivity contribution in [3.63, 3.8) is 0 Å². The van der Waals surface area contributed by atoms with Gasteiger partial charge < -0.3 is 9.64 Å². The second kappa shape index (κ2) is 6.98.